The third-order valence-electron chi connectivity index (χ3n) is 1.49. The van der Waals surface area contributed by atoms with E-state index in [9.17, 15) is 4.39 Å². The van der Waals surface area contributed by atoms with Gasteiger partial charge >= 0.3 is 0 Å². The summed E-state index contributed by atoms with van der Waals surface area (Å²) in [5.74, 6) is 1.84. The van der Waals surface area contributed by atoms with Crippen LogP contribution in [0.1, 0.15) is 5.56 Å². The second-order valence-electron chi connectivity index (χ2n) is 2.48. The van der Waals surface area contributed by atoms with E-state index in [1.165, 1.54) is 6.07 Å². The van der Waals surface area contributed by atoms with Crippen molar-refractivity contribution < 1.29 is 4.39 Å². The van der Waals surface area contributed by atoms with Crippen molar-refractivity contribution in [1.82, 2.24) is 0 Å². The first-order valence-corrected chi connectivity index (χ1v) is 5.88. The standard InChI is InChI=1S/C9H9Cl2FS/c10-3-4-13-6-7-5-8(11)1-2-9(7)12/h1-2,5H,3-4,6H2. The van der Waals surface area contributed by atoms with Crippen LogP contribution in [0.4, 0.5) is 4.39 Å². The molecule has 0 saturated carbocycles. The van der Waals surface area contributed by atoms with Crippen LogP contribution in [0.5, 0.6) is 0 Å². The molecule has 0 aliphatic heterocycles. The van der Waals surface area contributed by atoms with E-state index in [1.54, 1.807) is 23.9 Å². The number of hydrogen-bond acceptors (Lipinski definition) is 1. The summed E-state index contributed by atoms with van der Waals surface area (Å²) in [5, 5.41) is 0.572. The Morgan fingerprint density at radius 3 is 2.85 bits per heavy atom. The van der Waals surface area contributed by atoms with Crippen LogP contribution in [0.3, 0.4) is 0 Å². The van der Waals surface area contributed by atoms with E-state index in [2.05, 4.69) is 0 Å². The highest BCUT2D eigenvalue weighted by atomic mass is 35.5. The molecular weight excluding hydrogens is 230 g/mol. The molecule has 1 aromatic carbocycles. The molecule has 0 heterocycles. The molecule has 0 amide bonds. The van der Waals surface area contributed by atoms with E-state index in [-0.39, 0.29) is 5.82 Å². The van der Waals surface area contributed by atoms with Crippen LogP contribution in [0.2, 0.25) is 5.02 Å². The third kappa shape index (κ3) is 3.75. The number of benzene rings is 1. The van der Waals surface area contributed by atoms with Crippen molar-refractivity contribution >= 4 is 35.0 Å². The van der Waals surface area contributed by atoms with E-state index in [0.29, 0.717) is 22.2 Å². The second-order valence-corrected chi connectivity index (χ2v) is 4.40. The molecule has 0 fully saturated rings. The highest BCUT2D eigenvalue weighted by Gasteiger charge is 2.02. The molecule has 4 heteroatoms. The van der Waals surface area contributed by atoms with Crippen LogP contribution < -0.4 is 0 Å². The minimum Gasteiger partial charge on any atom is -0.207 e. The van der Waals surface area contributed by atoms with Gasteiger partial charge in [0.25, 0.3) is 0 Å². The van der Waals surface area contributed by atoms with Gasteiger partial charge in [-0.05, 0) is 23.8 Å². The van der Waals surface area contributed by atoms with Gasteiger partial charge in [0.05, 0.1) is 0 Å². The molecular formula is C9H9Cl2FS. The molecule has 0 N–H and O–H groups in total. The predicted molar refractivity (Wildman–Crippen MR) is 58.3 cm³/mol. The Kier molecular flexibility index (Phi) is 4.92. The lowest BCUT2D eigenvalue weighted by Gasteiger charge is -2.02. The number of halogens is 3. The Labute approximate surface area is 91.4 Å². The zero-order valence-electron chi connectivity index (χ0n) is 6.90. The highest BCUT2D eigenvalue weighted by Crippen LogP contribution is 2.19. The molecule has 0 atom stereocenters. The van der Waals surface area contributed by atoms with Crippen molar-refractivity contribution in [2.45, 2.75) is 5.75 Å². The largest absolute Gasteiger partial charge is 0.207 e. The van der Waals surface area contributed by atoms with Crippen LogP contribution >= 0.6 is 35.0 Å². The van der Waals surface area contributed by atoms with Crippen LogP contribution in [0.15, 0.2) is 18.2 Å². The summed E-state index contributed by atoms with van der Waals surface area (Å²) in [5.41, 5.74) is 0.641. The fourth-order valence-electron chi connectivity index (χ4n) is 0.891. The number of thioether (sulfide) groups is 1. The number of alkyl halides is 1. The molecule has 72 valence electrons. The van der Waals surface area contributed by atoms with Crippen molar-refractivity contribution in [2.75, 3.05) is 11.6 Å². The summed E-state index contributed by atoms with van der Waals surface area (Å²) >= 11 is 12.8. The van der Waals surface area contributed by atoms with Crippen molar-refractivity contribution in [3.63, 3.8) is 0 Å². The van der Waals surface area contributed by atoms with Crippen molar-refractivity contribution in [3.8, 4) is 0 Å². The van der Waals surface area contributed by atoms with Gasteiger partial charge in [-0.15, -0.1) is 11.6 Å². The Balaban J connectivity index is 2.59. The smallest absolute Gasteiger partial charge is 0.127 e. The van der Waals surface area contributed by atoms with Gasteiger partial charge in [0.15, 0.2) is 0 Å². The summed E-state index contributed by atoms with van der Waals surface area (Å²) in [4.78, 5) is 0. The number of rotatable bonds is 4. The molecule has 0 aliphatic carbocycles. The topological polar surface area (TPSA) is 0 Å². The van der Waals surface area contributed by atoms with Gasteiger partial charge < -0.3 is 0 Å². The van der Waals surface area contributed by atoms with Gasteiger partial charge in [-0.3, -0.25) is 0 Å². The van der Waals surface area contributed by atoms with Gasteiger partial charge in [0, 0.05) is 22.4 Å². The monoisotopic (exact) mass is 238 g/mol. The minimum atomic E-state index is -0.202. The van der Waals surface area contributed by atoms with Crippen LogP contribution in [-0.2, 0) is 5.75 Å². The number of hydrogen-bond donors (Lipinski definition) is 0. The van der Waals surface area contributed by atoms with Crippen molar-refractivity contribution in [1.29, 1.82) is 0 Å². The van der Waals surface area contributed by atoms with E-state index in [4.69, 9.17) is 23.2 Å². The molecule has 0 aliphatic rings. The molecule has 0 aromatic heterocycles. The molecule has 0 spiro atoms. The Morgan fingerprint density at radius 1 is 1.38 bits per heavy atom. The zero-order valence-corrected chi connectivity index (χ0v) is 9.22. The summed E-state index contributed by atoms with van der Waals surface area (Å²) in [6, 6.07) is 4.59. The lowest BCUT2D eigenvalue weighted by molar-refractivity contribution is 0.617. The van der Waals surface area contributed by atoms with Gasteiger partial charge in [-0.1, -0.05) is 11.6 Å². The SMILES string of the molecule is Fc1ccc(Cl)cc1CSCCCl. The normalized spacial score (nSPS) is 10.4. The van der Waals surface area contributed by atoms with E-state index < -0.39 is 0 Å². The predicted octanol–water partition coefficient (Wildman–Crippen LogP) is 3.95. The maximum atomic E-state index is 13.1. The average molecular weight is 239 g/mol. The molecule has 0 radical (unpaired) electrons. The van der Waals surface area contributed by atoms with Crippen molar-refractivity contribution in [2.24, 2.45) is 0 Å². The van der Waals surface area contributed by atoms with Crippen LogP contribution in [0.25, 0.3) is 0 Å². The summed E-state index contributed by atoms with van der Waals surface area (Å²) in [7, 11) is 0. The molecule has 0 saturated heterocycles. The van der Waals surface area contributed by atoms with Gasteiger partial charge in [-0.25, -0.2) is 4.39 Å². The Morgan fingerprint density at radius 2 is 2.15 bits per heavy atom. The summed E-state index contributed by atoms with van der Waals surface area (Å²) < 4.78 is 13.1. The molecule has 0 nitrogen and oxygen atoms in total. The van der Waals surface area contributed by atoms with E-state index >= 15 is 0 Å². The van der Waals surface area contributed by atoms with E-state index in [0.717, 1.165) is 5.75 Å². The lowest BCUT2D eigenvalue weighted by atomic mass is 10.2. The molecule has 0 unspecified atom stereocenters. The molecule has 1 rings (SSSR count). The first-order chi connectivity index (χ1) is 6.24. The van der Waals surface area contributed by atoms with Gasteiger partial charge in [0.1, 0.15) is 5.82 Å². The van der Waals surface area contributed by atoms with E-state index in [1.807, 2.05) is 0 Å². The Hall–Kier alpha value is 0.0800. The molecule has 0 bridgehead atoms. The summed E-state index contributed by atoms with van der Waals surface area (Å²) in [6.45, 7) is 0. The van der Waals surface area contributed by atoms with Crippen LogP contribution in [-0.4, -0.2) is 11.6 Å². The fourth-order valence-corrected chi connectivity index (χ4v) is 2.11. The van der Waals surface area contributed by atoms with Crippen LogP contribution in [0, 0.1) is 5.82 Å². The fraction of sp³-hybridized carbons (Fsp3) is 0.333. The Bertz CT molecular complexity index is 278. The first kappa shape index (κ1) is 11.2. The molecule has 1 aromatic rings. The first-order valence-electron chi connectivity index (χ1n) is 3.81. The van der Waals surface area contributed by atoms with Gasteiger partial charge in [-0.2, -0.15) is 11.8 Å². The summed E-state index contributed by atoms with van der Waals surface area (Å²) in [6.07, 6.45) is 0. The second kappa shape index (κ2) is 5.74. The lowest BCUT2D eigenvalue weighted by Crippen LogP contribution is -1.89. The van der Waals surface area contributed by atoms with Gasteiger partial charge in [0.2, 0.25) is 0 Å². The zero-order chi connectivity index (χ0) is 9.68. The third-order valence-corrected chi connectivity index (χ3v) is 3.14. The maximum Gasteiger partial charge on any atom is 0.127 e. The van der Waals surface area contributed by atoms with Crippen molar-refractivity contribution in [3.05, 3.63) is 34.6 Å². The minimum absolute atomic E-state index is 0.202. The molecule has 13 heavy (non-hydrogen) atoms. The quantitative estimate of drug-likeness (QED) is 0.566. The highest BCUT2D eigenvalue weighted by molar-refractivity contribution is 7.98. The average Bonchev–Trinajstić information content (AvgIpc) is 2.11. The maximum absolute atomic E-state index is 13.1.